The van der Waals surface area contributed by atoms with E-state index in [-0.39, 0.29) is 11.3 Å². The number of hydrogen-bond donors (Lipinski definition) is 3. The lowest BCUT2D eigenvalue weighted by molar-refractivity contribution is -0.137. The van der Waals surface area contributed by atoms with Crippen molar-refractivity contribution in [3.8, 4) is 0 Å². The van der Waals surface area contributed by atoms with Crippen molar-refractivity contribution < 1.29 is 22.8 Å². The summed E-state index contributed by atoms with van der Waals surface area (Å²) in [4.78, 5) is 24.8. The van der Waals surface area contributed by atoms with E-state index in [0.29, 0.717) is 11.3 Å². The molecule has 0 aromatic heterocycles. The fraction of sp³-hybridized carbons (Fsp3) is 0.158. The number of anilines is 1. The Morgan fingerprint density at radius 1 is 1.14 bits per heavy atom. The average Bonchev–Trinajstić information content (AvgIpc) is 2.60. The topological polar surface area (TPSA) is 70.2 Å². The fourth-order valence-corrected chi connectivity index (χ4v) is 3.32. The maximum atomic E-state index is 12.9. The molecule has 0 saturated heterocycles. The molecule has 0 radical (unpaired) electrons. The number of amides is 3. The number of rotatable bonds is 3. The Labute approximate surface area is 167 Å². The van der Waals surface area contributed by atoms with Crippen LogP contribution < -0.4 is 16.0 Å². The Morgan fingerprint density at radius 2 is 1.86 bits per heavy atom. The number of benzene rings is 2. The number of carbonyl (C=O) groups excluding carboxylic acids is 2. The third-order valence-electron chi connectivity index (χ3n) is 4.14. The van der Waals surface area contributed by atoms with E-state index in [4.69, 9.17) is 0 Å². The van der Waals surface area contributed by atoms with Crippen molar-refractivity contribution in [3.05, 3.63) is 75.4 Å². The molecule has 0 fully saturated rings. The highest BCUT2D eigenvalue weighted by molar-refractivity contribution is 9.10. The number of halogens is 4. The average molecular weight is 454 g/mol. The Balaban J connectivity index is 1.94. The minimum Gasteiger partial charge on any atom is -0.327 e. The molecule has 1 aliphatic heterocycles. The van der Waals surface area contributed by atoms with Gasteiger partial charge < -0.3 is 16.0 Å². The molecule has 2 aromatic carbocycles. The highest BCUT2D eigenvalue weighted by Crippen LogP contribution is 2.32. The number of allylic oxidation sites excluding steroid dienone is 1. The molecule has 0 saturated carbocycles. The van der Waals surface area contributed by atoms with Gasteiger partial charge in [0.25, 0.3) is 5.91 Å². The monoisotopic (exact) mass is 453 g/mol. The maximum Gasteiger partial charge on any atom is 0.416 e. The van der Waals surface area contributed by atoms with E-state index < -0.39 is 29.7 Å². The highest BCUT2D eigenvalue weighted by atomic mass is 79.9. The first-order valence-corrected chi connectivity index (χ1v) is 8.97. The summed E-state index contributed by atoms with van der Waals surface area (Å²) in [6.45, 7) is 1.56. The first-order valence-electron chi connectivity index (χ1n) is 8.17. The largest absolute Gasteiger partial charge is 0.416 e. The second-order valence-corrected chi connectivity index (χ2v) is 7.07. The van der Waals surface area contributed by atoms with Crippen molar-refractivity contribution in [1.29, 1.82) is 0 Å². The van der Waals surface area contributed by atoms with Crippen LogP contribution in [0.4, 0.5) is 23.7 Å². The van der Waals surface area contributed by atoms with Gasteiger partial charge in [-0.2, -0.15) is 13.2 Å². The SMILES string of the molecule is CC1=C(C(=O)Nc2cccc(C(F)(F)F)c2)[C@@H](c2cccc(Br)c2)NC(=O)N1. The molecule has 1 heterocycles. The molecule has 3 amide bonds. The molecule has 2 aromatic rings. The van der Waals surface area contributed by atoms with Crippen LogP contribution in [0.2, 0.25) is 0 Å². The van der Waals surface area contributed by atoms with Crippen molar-refractivity contribution in [2.45, 2.75) is 19.1 Å². The van der Waals surface area contributed by atoms with Crippen molar-refractivity contribution in [1.82, 2.24) is 10.6 Å². The summed E-state index contributed by atoms with van der Waals surface area (Å²) in [5, 5.41) is 7.68. The normalized spacial score (nSPS) is 17.0. The second kappa shape index (κ2) is 7.67. The molecular formula is C19H15BrF3N3O2. The Morgan fingerprint density at radius 3 is 2.54 bits per heavy atom. The van der Waals surface area contributed by atoms with Crippen LogP contribution in [-0.2, 0) is 11.0 Å². The fourth-order valence-electron chi connectivity index (χ4n) is 2.90. The minimum atomic E-state index is -4.52. The molecular weight excluding hydrogens is 439 g/mol. The molecule has 3 rings (SSSR count). The van der Waals surface area contributed by atoms with Gasteiger partial charge in [-0.25, -0.2) is 4.79 Å². The molecule has 5 nitrogen and oxygen atoms in total. The van der Waals surface area contributed by atoms with Crippen molar-refractivity contribution in [2.24, 2.45) is 0 Å². The lowest BCUT2D eigenvalue weighted by Crippen LogP contribution is -2.46. The molecule has 1 atom stereocenters. The summed E-state index contributed by atoms with van der Waals surface area (Å²) in [5.74, 6) is -0.616. The van der Waals surface area contributed by atoms with Gasteiger partial charge in [0.2, 0.25) is 0 Å². The van der Waals surface area contributed by atoms with Gasteiger partial charge in [0.05, 0.1) is 17.2 Å². The van der Waals surface area contributed by atoms with Crippen LogP contribution in [0.3, 0.4) is 0 Å². The summed E-state index contributed by atoms with van der Waals surface area (Å²) >= 11 is 3.34. The van der Waals surface area contributed by atoms with E-state index in [0.717, 1.165) is 16.6 Å². The Kier molecular flexibility index (Phi) is 5.46. The van der Waals surface area contributed by atoms with E-state index in [1.807, 2.05) is 0 Å². The molecule has 0 bridgehead atoms. The molecule has 3 N–H and O–H groups in total. The summed E-state index contributed by atoms with van der Waals surface area (Å²) in [5.41, 5.74) is 0.311. The summed E-state index contributed by atoms with van der Waals surface area (Å²) in [7, 11) is 0. The van der Waals surface area contributed by atoms with Crippen LogP contribution in [0, 0.1) is 0 Å². The first kappa shape index (κ1) is 19.9. The van der Waals surface area contributed by atoms with Gasteiger partial charge in [0.15, 0.2) is 0 Å². The number of nitrogens with one attached hydrogen (secondary N) is 3. The molecule has 146 valence electrons. The predicted molar refractivity (Wildman–Crippen MR) is 101 cm³/mol. The van der Waals surface area contributed by atoms with Crippen LogP contribution in [0.5, 0.6) is 0 Å². The lowest BCUT2D eigenvalue weighted by atomic mass is 9.95. The molecule has 0 aliphatic carbocycles. The number of carbonyl (C=O) groups is 2. The van der Waals surface area contributed by atoms with Gasteiger partial charge in [0, 0.05) is 15.9 Å². The third kappa shape index (κ3) is 4.36. The van der Waals surface area contributed by atoms with E-state index in [9.17, 15) is 22.8 Å². The Bertz CT molecular complexity index is 973. The van der Waals surface area contributed by atoms with E-state index >= 15 is 0 Å². The second-order valence-electron chi connectivity index (χ2n) is 6.16. The molecule has 0 unspecified atom stereocenters. The van der Waals surface area contributed by atoms with Gasteiger partial charge in [-0.05, 0) is 42.8 Å². The van der Waals surface area contributed by atoms with Gasteiger partial charge >= 0.3 is 12.2 Å². The lowest BCUT2D eigenvalue weighted by Gasteiger charge is -2.28. The van der Waals surface area contributed by atoms with Crippen molar-refractivity contribution >= 4 is 33.6 Å². The molecule has 9 heteroatoms. The van der Waals surface area contributed by atoms with E-state index in [2.05, 4.69) is 31.9 Å². The summed E-state index contributed by atoms with van der Waals surface area (Å²) in [6, 6.07) is 10.2. The smallest absolute Gasteiger partial charge is 0.327 e. The minimum absolute atomic E-state index is 0.00465. The molecule has 28 heavy (non-hydrogen) atoms. The van der Waals surface area contributed by atoms with Crippen LogP contribution in [0.1, 0.15) is 24.1 Å². The molecule has 1 aliphatic rings. The van der Waals surface area contributed by atoms with Crippen LogP contribution >= 0.6 is 15.9 Å². The third-order valence-corrected chi connectivity index (χ3v) is 4.64. The zero-order valence-electron chi connectivity index (χ0n) is 14.5. The van der Waals surface area contributed by atoms with E-state index in [1.54, 1.807) is 31.2 Å². The van der Waals surface area contributed by atoms with Crippen LogP contribution in [0.25, 0.3) is 0 Å². The molecule has 0 spiro atoms. The van der Waals surface area contributed by atoms with Gasteiger partial charge in [-0.15, -0.1) is 0 Å². The maximum absolute atomic E-state index is 12.9. The summed E-state index contributed by atoms with van der Waals surface area (Å²) in [6.07, 6.45) is -4.52. The first-order chi connectivity index (χ1) is 13.1. The van der Waals surface area contributed by atoms with Crippen molar-refractivity contribution in [3.63, 3.8) is 0 Å². The van der Waals surface area contributed by atoms with Crippen molar-refractivity contribution in [2.75, 3.05) is 5.32 Å². The zero-order chi connectivity index (χ0) is 20.5. The summed E-state index contributed by atoms with van der Waals surface area (Å²) < 4.78 is 39.5. The van der Waals surface area contributed by atoms with Crippen LogP contribution in [0.15, 0.2) is 64.3 Å². The number of urea groups is 1. The van der Waals surface area contributed by atoms with Crippen LogP contribution in [-0.4, -0.2) is 11.9 Å². The Hall–Kier alpha value is -2.81. The standard InChI is InChI=1S/C19H15BrF3N3O2/c1-10-15(16(26-18(28)24-10)11-4-2-6-13(20)8-11)17(27)25-14-7-3-5-12(9-14)19(21,22)23/h2-9,16H,1H3,(H,25,27)(H2,24,26,28)/t16-/m1/s1. The highest BCUT2D eigenvalue weighted by Gasteiger charge is 2.33. The van der Waals surface area contributed by atoms with Gasteiger partial charge in [-0.3, -0.25) is 4.79 Å². The quantitative estimate of drug-likeness (QED) is 0.628. The van der Waals surface area contributed by atoms with Gasteiger partial charge in [-0.1, -0.05) is 34.1 Å². The number of alkyl halides is 3. The van der Waals surface area contributed by atoms with E-state index in [1.165, 1.54) is 12.1 Å². The number of hydrogen-bond acceptors (Lipinski definition) is 2. The zero-order valence-corrected chi connectivity index (χ0v) is 16.1. The predicted octanol–water partition coefficient (Wildman–Crippen LogP) is 4.73. The van der Waals surface area contributed by atoms with Gasteiger partial charge in [0.1, 0.15) is 0 Å².